The summed E-state index contributed by atoms with van der Waals surface area (Å²) in [6, 6.07) is 0. The normalized spacial score (nSPS) is 15.6. The highest BCUT2D eigenvalue weighted by molar-refractivity contribution is 5.80. The van der Waals surface area contributed by atoms with Gasteiger partial charge in [-0.3, -0.25) is 4.79 Å². The zero-order valence-corrected chi connectivity index (χ0v) is 14.5. The first-order chi connectivity index (χ1) is 9.92. The van der Waals surface area contributed by atoms with Crippen molar-refractivity contribution in [2.45, 2.75) is 104 Å². The van der Waals surface area contributed by atoms with Gasteiger partial charge >= 0.3 is 0 Å². The molecule has 0 bridgehead atoms. The van der Waals surface area contributed by atoms with E-state index >= 15 is 0 Å². The van der Waals surface area contributed by atoms with Gasteiger partial charge in [0.15, 0.2) is 0 Å². The molecule has 0 spiro atoms. The second kappa shape index (κ2) is 12.0. The van der Waals surface area contributed by atoms with Crippen LogP contribution in [0.2, 0.25) is 0 Å². The van der Waals surface area contributed by atoms with Crippen molar-refractivity contribution in [3.63, 3.8) is 0 Å². The molecule has 126 valence electrons. The molecule has 0 aromatic rings. The Labute approximate surface area is 131 Å². The molecule has 0 saturated heterocycles. The predicted octanol–water partition coefficient (Wildman–Crippen LogP) is 4.56. The maximum absolute atomic E-state index is 11.6. The van der Waals surface area contributed by atoms with E-state index in [2.05, 4.69) is 6.92 Å². The van der Waals surface area contributed by atoms with E-state index in [1.54, 1.807) is 6.92 Å². The van der Waals surface area contributed by atoms with Crippen LogP contribution >= 0.6 is 0 Å². The van der Waals surface area contributed by atoms with Gasteiger partial charge in [0.1, 0.15) is 0 Å². The Bertz CT molecular complexity index is 266. The molecule has 3 heteroatoms. The summed E-state index contributed by atoms with van der Waals surface area (Å²) in [6.07, 6.45) is 13.7. The maximum Gasteiger partial charge on any atom is 0.223 e. The monoisotopic (exact) mass is 299 g/mol. The fourth-order valence-corrected chi connectivity index (χ4v) is 2.98. The molecule has 2 atom stereocenters. The number of carbonyl (C=O) groups excluding carboxylic acids is 1. The summed E-state index contributed by atoms with van der Waals surface area (Å²) in [5.41, 5.74) is 4.94. The van der Waals surface area contributed by atoms with Gasteiger partial charge in [0, 0.05) is 5.41 Å². The summed E-state index contributed by atoms with van der Waals surface area (Å²) in [7, 11) is 0. The summed E-state index contributed by atoms with van der Waals surface area (Å²) in [6.45, 7) is 5.85. The van der Waals surface area contributed by atoms with Crippen molar-refractivity contribution in [1.29, 1.82) is 0 Å². The van der Waals surface area contributed by atoms with Gasteiger partial charge in [0.2, 0.25) is 5.91 Å². The molecular weight excluding hydrogens is 262 g/mol. The van der Waals surface area contributed by atoms with Crippen LogP contribution in [0.15, 0.2) is 0 Å². The predicted molar refractivity (Wildman–Crippen MR) is 90.1 cm³/mol. The van der Waals surface area contributed by atoms with Gasteiger partial charge in [-0.1, -0.05) is 78.1 Å². The lowest BCUT2D eigenvalue weighted by Crippen LogP contribution is -2.36. The van der Waals surface area contributed by atoms with Crippen molar-refractivity contribution in [3.8, 4) is 0 Å². The fourth-order valence-electron chi connectivity index (χ4n) is 2.98. The second-order valence-corrected chi connectivity index (χ2v) is 6.91. The number of hydrogen-bond donors (Lipinski definition) is 2. The molecule has 0 rings (SSSR count). The van der Waals surface area contributed by atoms with Gasteiger partial charge in [0.25, 0.3) is 0 Å². The van der Waals surface area contributed by atoms with Crippen LogP contribution in [0, 0.1) is 5.41 Å². The Hall–Kier alpha value is -0.570. The van der Waals surface area contributed by atoms with Crippen LogP contribution < -0.4 is 5.73 Å². The minimum Gasteiger partial charge on any atom is -0.393 e. The Balaban J connectivity index is 3.61. The lowest BCUT2D eigenvalue weighted by atomic mass is 9.79. The lowest BCUT2D eigenvalue weighted by Gasteiger charge is -2.27. The molecular formula is C18H37NO2. The number of aliphatic hydroxyl groups excluding tert-OH is 1. The number of amides is 1. The topological polar surface area (TPSA) is 63.3 Å². The van der Waals surface area contributed by atoms with Crippen LogP contribution in [0.3, 0.4) is 0 Å². The highest BCUT2D eigenvalue weighted by Crippen LogP contribution is 2.30. The van der Waals surface area contributed by atoms with Gasteiger partial charge in [-0.25, -0.2) is 0 Å². The van der Waals surface area contributed by atoms with Crippen LogP contribution in [0.5, 0.6) is 0 Å². The third-order valence-corrected chi connectivity index (χ3v) is 4.42. The second-order valence-electron chi connectivity index (χ2n) is 6.91. The molecule has 0 heterocycles. The smallest absolute Gasteiger partial charge is 0.223 e. The molecule has 3 nitrogen and oxygen atoms in total. The summed E-state index contributed by atoms with van der Waals surface area (Å²) in [5.74, 6) is -0.278. The molecule has 0 aliphatic rings. The number of aliphatic hydroxyl groups is 1. The molecule has 0 radical (unpaired) electrons. The van der Waals surface area contributed by atoms with E-state index in [1.807, 2.05) is 6.92 Å². The largest absolute Gasteiger partial charge is 0.393 e. The van der Waals surface area contributed by atoms with Gasteiger partial charge in [0.05, 0.1) is 6.10 Å². The molecule has 21 heavy (non-hydrogen) atoms. The van der Waals surface area contributed by atoms with E-state index in [0.717, 1.165) is 19.3 Å². The molecule has 0 aliphatic carbocycles. The SMILES string of the molecule is CCCCCCCCCCCCC(C)(CC(C)O)C(N)=O. The molecule has 1 amide bonds. The first-order valence-electron chi connectivity index (χ1n) is 8.90. The number of primary amides is 1. The highest BCUT2D eigenvalue weighted by Gasteiger charge is 2.31. The summed E-state index contributed by atoms with van der Waals surface area (Å²) >= 11 is 0. The van der Waals surface area contributed by atoms with Crippen LogP contribution in [-0.2, 0) is 4.79 Å². The minimum atomic E-state index is -0.547. The molecule has 0 fully saturated rings. The van der Waals surface area contributed by atoms with Gasteiger partial charge in [-0.05, 0) is 19.8 Å². The summed E-state index contributed by atoms with van der Waals surface area (Å²) < 4.78 is 0. The van der Waals surface area contributed by atoms with Gasteiger partial charge in [-0.15, -0.1) is 0 Å². The first kappa shape index (κ1) is 20.4. The van der Waals surface area contributed by atoms with E-state index < -0.39 is 11.5 Å². The number of hydrogen-bond acceptors (Lipinski definition) is 2. The van der Waals surface area contributed by atoms with Gasteiger partial charge < -0.3 is 10.8 Å². The molecule has 2 unspecified atom stereocenters. The first-order valence-corrected chi connectivity index (χ1v) is 8.90. The Morgan fingerprint density at radius 2 is 1.43 bits per heavy atom. The number of unbranched alkanes of at least 4 members (excludes halogenated alkanes) is 9. The van der Waals surface area contributed by atoms with Crippen molar-refractivity contribution in [2.75, 3.05) is 0 Å². The average Bonchev–Trinajstić information content (AvgIpc) is 2.40. The Morgan fingerprint density at radius 3 is 1.81 bits per heavy atom. The average molecular weight is 299 g/mol. The maximum atomic E-state index is 11.6. The Morgan fingerprint density at radius 1 is 1.00 bits per heavy atom. The number of carbonyl (C=O) groups is 1. The standard InChI is InChI=1S/C18H37NO2/c1-4-5-6-7-8-9-10-11-12-13-14-18(3,17(19)21)15-16(2)20/h16,20H,4-15H2,1-3H3,(H2,19,21). The highest BCUT2D eigenvalue weighted by atomic mass is 16.3. The zero-order valence-electron chi connectivity index (χ0n) is 14.5. The van der Waals surface area contributed by atoms with Crippen LogP contribution in [-0.4, -0.2) is 17.1 Å². The van der Waals surface area contributed by atoms with Crippen LogP contribution in [0.25, 0.3) is 0 Å². The van der Waals surface area contributed by atoms with Crippen molar-refractivity contribution >= 4 is 5.91 Å². The van der Waals surface area contributed by atoms with E-state index in [9.17, 15) is 9.90 Å². The third kappa shape index (κ3) is 10.8. The molecule has 3 N–H and O–H groups in total. The number of nitrogens with two attached hydrogens (primary N) is 1. The van der Waals surface area contributed by atoms with E-state index in [4.69, 9.17) is 5.73 Å². The van der Waals surface area contributed by atoms with Gasteiger partial charge in [-0.2, -0.15) is 0 Å². The Kier molecular flexibility index (Phi) is 11.7. The number of rotatable bonds is 14. The quantitative estimate of drug-likeness (QED) is 0.462. The third-order valence-electron chi connectivity index (χ3n) is 4.42. The summed E-state index contributed by atoms with van der Waals surface area (Å²) in [4.78, 5) is 11.6. The minimum absolute atomic E-state index is 0.278. The zero-order chi connectivity index (χ0) is 16.1. The summed E-state index contributed by atoms with van der Waals surface area (Å²) in [5, 5.41) is 9.49. The van der Waals surface area contributed by atoms with E-state index in [1.165, 1.54) is 51.4 Å². The van der Waals surface area contributed by atoms with E-state index in [0.29, 0.717) is 6.42 Å². The van der Waals surface area contributed by atoms with Crippen LogP contribution in [0.1, 0.15) is 97.8 Å². The van der Waals surface area contributed by atoms with Crippen molar-refractivity contribution in [3.05, 3.63) is 0 Å². The molecule has 0 aliphatic heterocycles. The van der Waals surface area contributed by atoms with Crippen LogP contribution in [0.4, 0.5) is 0 Å². The molecule has 0 aromatic carbocycles. The van der Waals surface area contributed by atoms with Crippen molar-refractivity contribution in [1.82, 2.24) is 0 Å². The molecule has 0 saturated carbocycles. The fraction of sp³-hybridized carbons (Fsp3) is 0.944. The lowest BCUT2D eigenvalue weighted by molar-refractivity contribution is -0.129. The van der Waals surface area contributed by atoms with E-state index in [-0.39, 0.29) is 5.91 Å². The molecule has 0 aromatic heterocycles. The van der Waals surface area contributed by atoms with Crippen molar-refractivity contribution < 1.29 is 9.90 Å². The van der Waals surface area contributed by atoms with Crippen molar-refractivity contribution in [2.24, 2.45) is 11.1 Å².